The van der Waals surface area contributed by atoms with E-state index in [1.807, 2.05) is 12.1 Å². The van der Waals surface area contributed by atoms with Crippen LogP contribution in [0.1, 0.15) is 19.8 Å². The van der Waals surface area contributed by atoms with E-state index in [0.29, 0.717) is 6.42 Å². The van der Waals surface area contributed by atoms with Gasteiger partial charge in [-0.1, -0.05) is 0 Å². The van der Waals surface area contributed by atoms with Crippen LogP contribution >= 0.6 is 0 Å². The summed E-state index contributed by atoms with van der Waals surface area (Å²) in [5.74, 6) is 0.736. The van der Waals surface area contributed by atoms with E-state index in [1.54, 1.807) is 13.2 Å². The third-order valence-electron chi connectivity index (χ3n) is 2.01. The van der Waals surface area contributed by atoms with Crippen LogP contribution in [0.5, 0.6) is 0 Å². The van der Waals surface area contributed by atoms with Gasteiger partial charge in [0.2, 0.25) is 5.91 Å². The van der Waals surface area contributed by atoms with Gasteiger partial charge < -0.3 is 14.7 Å². The highest BCUT2D eigenvalue weighted by molar-refractivity contribution is 5.94. The molecule has 0 atom stereocenters. The molecule has 0 saturated carbocycles. The van der Waals surface area contributed by atoms with Crippen LogP contribution in [0.2, 0.25) is 0 Å². The van der Waals surface area contributed by atoms with Gasteiger partial charge in [-0.2, -0.15) is 0 Å². The average molecular weight is 194 g/mol. The predicted octanol–water partition coefficient (Wildman–Crippen LogP) is 1.35. The highest BCUT2D eigenvalue weighted by Crippen LogP contribution is 2.09. The topological polar surface area (TPSA) is 53.2 Å². The quantitative estimate of drug-likeness (QED) is 0.786. The van der Waals surface area contributed by atoms with Gasteiger partial charge in [0.1, 0.15) is 11.6 Å². The standard InChI is InChI=1S/C10H14N2O2/c1-8(13)5-6-10(14)12(2)9-4-3-7-11-9/h3-4,7,11H,5-6H2,1-2H3. The van der Waals surface area contributed by atoms with Crippen molar-refractivity contribution in [3.8, 4) is 0 Å². The summed E-state index contributed by atoms with van der Waals surface area (Å²) >= 11 is 0. The summed E-state index contributed by atoms with van der Waals surface area (Å²) in [6.07, 6.45) is 2.33. The van der Waals surface area contributed by atoms with Crippen molar-refractivity contribution in [2.75, 3.05) is 11.9 Å². The van der Waals surface area contributed by atoms with E-state index in [2.05, 4.69) is 4.98 Å². The summed E-state index contributed by atoms with van der Waals surface area (Å²) in [5.41, 5.74) is 0. The molecule has 0 aliphatic rings. The Morgan fingerprint density at radius 1 is 1.43 bits per heavy atom. The first-order chi connectivity index (χ1) is 6.61. The SMILES string of the molecule is CC(=O)CCC(=O)N(C)c1ccc[nH]1. The minimum absolute atomic E-state index is 0.0400. The Hall–Kier alpha value is -1.58. The number of amides is 1. The molecule has 0 saturated heterocycles. The molecule has 1 aromatic rings. The van der Waals surface area contributed by atoms with Gasteiger partial charge in [0.15, 0.2) is 0 Å². The number of carbonyl (C=O) groups excluding carboxylic acids is 2. The van der Waals surface area contributed by atoms with E-state index in [-0.39, 0.29) is 18.1 Å². The highest BCUT2D eigenvalue weighted by Gasteiger charge is 2.11. The molecular weight excluding hydrogens is 180 g/mol. The Bertz CT molecular complexity index is 317. The first-order valence-electron chi connectivity index (χ1n) is 4.50. The zero-order valence-electron chi connectivity index (χ0n) is 8.41. The molecule has 0 unspecified atom stereocenters. The Labute approximate surface area is 82.9 Å². The number of ketones is 1. The molecule has 0 radical (unpaired) electrons. The summed E-state index contributed by atoms with van der Waals surface area (Å²) in [7, 11) is 1.69. The van der Waals surface area contributed by atoms with Gasteiger partial charge in [0, 0.05) is 26.1 Å². The summed E-state index contributed by atoms with van der Waals surface area (Å²) < 4.78 is 0. The van der Waals surface area contributed by atoms with Crippen molar-refractivity contribution in [1.82, 2.24) is 4.98 Å². The molecule has 0 fully saturated rings. The van der Waals surface area contributed by atoms with Crippen molar-refractivity contribution in [3.05, 3.63) is 18.3 Å². The Kier molecular flexibility index (Phi) is 3.45. The van der Waals surface area contributed by atoms with E-state index < -0.39 is 0 Å². The Balaban J connectivity index is 2.49. The maximum Gasteiger partial charge on any atom is 0.228 e. The van der Waals surface area contributed by atoms with Crippen molar-refractivity contribution in [3.63, 3.8) is 0 Å². The van der Waals surface area contributed by atoms with Crippen molar-refractivity contribution < 1.29 is 9.59 Å². The molecule has 0 aliphatic carbocycles. The van der Waals surface area contributed by atoms with Crippen LogP contribution in [0.4, 0.5) is 5.82 Å². The van der Waals surface area contributed by atoms with E-state index in [0.717, 1.165) is 5.82 Å². The normalized spacial score (nSPS) is 9.86. The summed E-state index contributed by atoms with van der Waals surface area (Å²) in [4.78, 5) is 26.6. The molecule has 0 aromatic carbocycles. The van der Waals surface area contributed by atoms with Gasteiger partial charge in [0.25, 0.3) is 0 Å². The van der Waals surface area contributed by atoms with Crippen molar-refractivity contribution in [1.29, 1.82) is 0 Å². The smallest absolute Gasteiger partial charge is 0.228 e. The zero-order valence-corrected chi connectivity index (χ0v) is 8.41. The van der Waals surface area contributed by atoms with Crippen LogP contribution in [0.25, 0.3) is 0 Å². The Morgan fingerprint density at radius 2 is 2.14 bits per heavy atom. The molecule has 1 amide bonds. The molecule has 4 heteroatoms. The maximum atomic E-state index is 11.5. The van der Waals surface area contributed by atoms with E-state index in [1.165, 1.54) is 11.8 Å². The van der Waals surface area contributed by atoms with E-state index in [4.69, 9.17) is 0 Å². The number of anilines is 1. The second-order valence-corrected chi connectivity index (χ2v) is 3.21. The number of rotatable bonds is 4. The fraction of sp³-hybridized carbons (Fsp3) is 0.400. The molecule has 1 rings (SSSR count). The first kappa shape index (κ1) is 10.5. The van der Waals surface area contributed by atoms with Gasteiger partial charge in [-0.25, -0.2) is 0 Å². The lowest BCUT2D eigenvalue weighted by Crippen LogP contribution is -2.26. The van der Waals surface area contributed by atoms with Crippen molar-refractivity contribution in [2.24, 2.45) is 0 Å². The van der Waals surface area contributed by atoms with Gasteiger partial charge in [-0.15, -0.1) is 0 Å². The number of aromatic nitrogens is 1. The second kappa shape index (κ2) is 4.60. The lowest BCUT2D eigenvalue weighted by atomic mass is 10.2. The molecule has 0 bridgehead atoms. The van der Waals surface area contributed by atoms with Gasteiger partial charge >= 0.3 is 0 Å². The number of carbonyl (C=O) groups is 2. The third kappa shape index (κ3) is 2.73. The van der Waals surface area contributed by atoms with Crippen LogP contribution in [0.15, 0.2) is 18.3 Å². The predicted molar refractivity (Wildman–Crippen MR) is 54.1 cm³/mol. The number of H-pyrrole nitrogens is 1. The van der Waals surface area contributed by atoms with Crippen LogP contribution in [-0.4, -0.2) is 23.7 Å². The van der Waals surface area contributed by atoms with E-state index >= 15 is 0 Å². The monoisotopic (exact) mass is 194 g/mol. The van der Waals surface area contributed by atoms with Crippen molar-refractivity contribution in [2.45, 2.75) is 19.8 Å². The molecule has 0 spiro atoms. The van der Waals surface area contributed by atoms with E-state index in [9.17, 15) is 9.59 Å². The minimum atomic E-state index is -0.0531. The average Bonchev–Trinajstić information content (AvgIpc) is 2.65. The summed E-state index contributed by atoms with van der Waals surface area (Å²) in [6.45, 7) is 1.49. The minimum Gasteiger partial charge on any atom is -0.348 e. The number of Topliss-reactive ketones (excluding diaryl/α,β-unsaturated/α-hetero) is 1. The molecule has 4 nitrogen and oxygen atoms in total. The highest BCUT2D eigenvalue weighted by atomic mass is 16.2. The van der Waals surface area contributed by atoms with Crippen LogP contribution < -0.4 is 4.90 Å². The molecular formula is C10H14N2O2. The largest absolute Gasteiger partial charge is 0.348 e. The van der Waals surface area contributed by atoms with Gasteiger partial charge in [-0.05, 0) is 19.1 Å². The fourth-order valence-corrected chi connectivity index (χ4v) is 1.11. The third-order valence-corrected chi connectivity index (χ3v) is 2.01. The number of aromatic amines is 1. The lowest BCUT2D eigenvalue weighted by Gasteiger charge is -2.14. The van der Waals surface area contributed by atoms with Gasteiger partial charge in [0.05, 0.1) is 0 Å². The first-order valence-corrected chi connectivity index (χ1v) is 4.50. The molecule has 76 valence electrons. The summed E-state index contributed by atoms with van der Waals surface area (Å²) in [5, 5.41) is 0. The van der Waals surface area contributed by atoms with Gasteiger partial charge in [-0.3, -0.25) is 4.79 Å². The fourth-order valence-electron chi connectivity index (χ4n) is 1.11. The number of nitrogens with one attached hydrogen (secondary N) is 1. The molecule has 1 N–H and O–H groups in total. The number of hydrogen-bond donors (Lipinski definition) is 1. The van der Waals surface area contributed by atoms with Crippen LogP contribution in [0, 0.1) is 0 Å². The maximum absolute atomic E-state index is 11.5. The number of hydrogen-bond acceptors (Lipinski definition) is 2. The number of nitrogens with zero attached hydrogens (tertiary/aromatic N) is 1. The second-order valence-electron chi connectivity index (χ2n) is 3.21. The molecule has 14 heavy (non-hydrogen) atoms. The van der Waals surface area contributed by atoms with Crippen LogP contribution in [-0.2, 0) is 9.59 Å². The van der Waals surface area contributed by atoms with Crippen LogP contribution in [0.3, 0.4) is 0 Å². The molecule has 0 aliphatic heterocycles. The summed E-state index contributed by atoms with van der Waals surface area (Å²) in [6, 6.07) is 3.63. The Morgan fingerprint density at radius 3 is 2.64 bits per heavy atom. The van der Waals surface area contributed by atoms with Crippen molar-refractivity contribution >= 4 is 17.5 Å². The molecule has 1 heterocycles. The molecule has 1 aromatic heterocycles. The zero-order chi connectivity index (χ0) is 10.6. The lowest BCUT2D eigenvalue weighted by molar-refractivity contribution is -0.122.